The van der Waals surface area contributed by atoms with Gasteiger partial charge in [0, 0.05) is 24.8 Å². The van der Waals surface area contributed by atoms with Crippen LogP contribution in [0.15, 0.2) is 12.4 Å². The first-order valence-corrected chi connectivity index (χ1v) is 4.78. The zero-order valence-corrected chi connectivity index (χ0v) is 7.95. The van der Waals surface area contributed by atoms with Gasteiger partial charge in [-0.3, -0.25) is 4.68 Å². The molecule has 13 heavy (non-hydrogen) atoms. The second kappa shape index (κ2) is 3.89. The van der Waals surface area contributed by atoms with E-state index < -0.39 is 0 Å². The predicted molar refractivity (Wildman–Crippen MR) is 51.5 cm³/mol. The van der Waals surface area contributed by atoms with Crippen LogP contribution in [0.1, 0.15) is 18.0 Å². The second-order valence-electron chi connectivity index (χ2n) is 3.51. The summed E-state index contributed by atoms with van der Waals surface area (Å²) < 4.78 is 2.08. The first kappa shape index (κ1) is 8.72. The van der Waals surface area contributed by atoms with E-state index in [1.807, 2.05) is 13.2 Å². The van der Waals surface area contributed by atoms with Gasteiger partial charge in [-0.2, -0.15) is 5.10 Å². The normalized spacial score (nSPS) is 22.4. The molecule has 4 heteroatoms. The third kappa shape index (κ3) is 1.89. The quantitative estimate of drug-likeness (QED) is 0.695. The lowest BCUT2D eigenvalue weighted by Crippen LogP contribution is -2.13. The molecule has 1 fully saturated rings. The van der Waals surface area contributed by atoms with E-state index in [0.717, 1.165) is 19.6 Å². The largest absolute Gasteiger partial charge is 0.316 e. The van der Waals surface area contributed by atoms with Crippen molar-refractivity contribution in [1.29, 1.82) is 0 Å². The van der Waals surface area contributed by atoms with Gasteiger partial charge in [0.1, 0.15) is 0 Å². The zero-order valence-electron chi connectivity index (χ0n) is 7.95. The van der Waals surface area contributed by atoms with Gasteiger partial charge in [-0.15, -0.1) is 0 Å². The molecule has 0 radical (unpaired) electrons. The highest BCUT2D eigenvalue weighted by molar-refractivity contribution is 5.04. The Hall–Kier alpha value is -0.870. The van der Waals surface area contributed by atoms with E-state index in [4.69, 9.17) is 0 Å². The molecular formula is C9H16N4. The molecule has 1 aromatic rings. The first-order valence-electron chi connectivity index (χ1n) is 4.78. The van der Waals surface area contributed by atoms with Crippen LogP contribution in [0, 0.1) is 0 Å². The SMILES string of the molecule is CNCc1cnn(C2CCNC2)c1. The molecule has 0 amide bonds. The van der Waals surface area contributed by atoms with Gasteiger partial charge >= 0.3 is 0 Å². The molecule has 1 aliphatic heterocycles. The Morgan fingerprint density at radius 3 is 3.38 bits per heavy atom. The summed E-state index contributed by atoms with van der Waals surface area (Å²) in [6, 6.07) is 0.561. The summed E-state index contributed by atoms with van der Waals surface area (Å²) in [5.41, 5.74) is 1.26. The molecule has 0 spiro atoms. The van der Waals surface area contributed by atoms with E-state index in [1.54, 1.807) is 0 Å². The van der Waals surface area contributed by atoms with E-state index in [9.17, 15) is 0 Å². The lowest BCUT2D eigenvalue weighted by atomic mass is 10.3. The average Bonchev–Trinajstić information content (AvgIpc) is 2.70. The van der Waals surface area contributed by atoms with Crippen LogP contribution in [0.5, 0.6) is 0 Å². The Morgan fingerprint density at radius 1 is 1.77 bits per heavy atom. The second-order valence-corrected chi connectivity index (χ2v) is 3.51. The molecule has 0 aliphatic carbocycles. The van der Waals surface area contributed by atoms with Gasteiger partial charge in [0.05, 0.1) is 12.2 Å². The van der Waals surface area contributed by atoms with Gasteiger partial charge < -0.3 is 10.6 Å². The lowest BCUT2D eigenvalue weighted by Gasteiger charge is -2.07. The third-order valence-corrected chi connectivity index (χ3v) is 2.44. The molecule has 2 N–H and O–H groups in total. The van der Waals surface area contributed by atoms with Crippen LogP contribution in [0.4, 0.5) is 0 Å². The van der Waals surface area contributed by atoms with Crippen LogP contribution >= 0.6 is 0 Å². The lowest BCUT2D eigenvalue weighted by molar-refractivity contribution is 0.490. The summed E-state index contributed by atoms with van der Waals surface area (Å²) in [4.78, 5) is 0. The van der Waals surface area contributed by atoms with Crippen molar-refractivity contribution in [3.63, 3.8) is 0 Å². The fourth-order valence-electron chi connectivity index (χ4n) is 1.74. The van der Waals surface area contributed by atoms with Gasteiger partial charge in [-0.05, 0) is 20.0 Å². The summed E-state index contributed by atoms with van der Waals surface area (Å²) >= 11 is 0. The molecule has 1 saturated heterocycles. The van der Waals surface area contributed by atoms with Crippen molar-refractivity contribution < 1.29 is 0 Å². The molecule has 0 bridgehead atoms. The molecule has 1 aliphatic rings. The number of nitrogens with zero attached hydrogens (tertiary/aromatic N) is 2. The van der Waals surface area contributed by atoms with Gasteiger partial charge in [0.25, 0.3) is 0 Å². The molecule has 0 aromatic carbocycles. The van der Waals surface area contributed by atoms with Gasteiger partial charge in [-0.1, -0.05) is 0 Å². The molecule has 1 aromatic heterocycles. The maximum absolute atomic E-state index is 4.35. The Balaban J connectivity index is 2.03. The van der Waals surface area contributed by atoms with E-state index in [1.165, 1.54) is 12.0 Å². The number of nitrogens with one attached hydrogen (secondary N) is 2. The molecule has 1 unspecified atom stereocenters. The van der Waals surface area contributed by atoms with Crippen LogP contribution in [0.3, 0.4) is 0 Å². The van der Waals surface area contributed by atoms with Crippen molar-refractivity contribution in [2.75, 3.05) is 20.1 Å². The van der Waals surface area contributed by atoms with Crippen molar-refractivity contribution in [2.45, 2.75) is 19.0 Å². The maximum atomic E-state index is 4.35. The summed E-state index contributed by atoms with van der Waals surface area (Å²) in [7, 11) is 1.95. The molecule has 0 saturated carbocycles. The van der Waals surface area contributed by atoms with Gasteiger partial charge in [0.2, 0.25) is 0 Å². The van der Waals surface area contributed by atoms with Crippen LogP contribution in [-0.4, -0.2) is 29.9 Å². The minimum atomic E-state index is 0.561. The first-order chi connectivity index (χ1) is 6.40. The number of aromatic nitrogens is 2. The topological polar surface area (TPSA) is 41.9 Å². The minimum absolute atomic E-state index is 0.561. The fourth-order valence-corrected chi connectivity index (χ4v) is 1.74. The fraction of sp³-hybridized carbons (Fsp3) is 0.667. The van der Waals surface area contributed by atoms with Gasteiger partial charge in [0.15, 0.2) is 0 Å². The van der Waals surface area contributed by atoms with E-state index >= 15 is 0 Å². The highest BCUT2D eigenvalue weighted by Gasteiger charge is 2.16. The Kier molecular flexibility index (Phi) is 2.61. The molecule has 2 heterocycles. The van der Waals surface area contributed by atoms with Crippen molar-refractivity contribution >= 4 is 0 Å². The van der Waals surface area contributed by atoms with Crippen molar-refractivity contribution in [2.24, 2.45) is 0 Å². The number of hydrogen-bond donors (Lipinski definition) is 2. The molecular weight excluding hydrogens is 164 g/mol. The van der Waals surface area contributed by atoms with Crippen LogP contribution in [0.2, 0.25) is 0 Å². The third-order valence-electron chi connectivity index (χ3n) is 2.44. The van der Waals surface area contributed by atoms with Crippen molar-refractivity contribution in [3.05, 3.63) is 18.0 Å². The minimum Gasteiger partial charge on any atom is -0.316 e. The number of hydrogen-bond acceptors (Lipinski definition) is 3. The highest BCUT2D eigenvalue weighted by Crippen LogP contribution is 2.14. The number of rotatable bonds is 3. The summed E-state index contributed by atoms with van der Waals surface area (Å²) in [6.45, 7) is 3.08. The summed E-state index contributed by atoms with van der Waals surface area (Å²) in [6.07, 6.45) is 5.27. The van der Waals surface area contributed by atoms with E-state index in [0.29, 0.717) is 6.04 Å². The van der Waals surface area contributed by atoms with Crippen LogP contribution < -0.4 is 10.6 Å². The van der Waals surface area contributed by atoms with Crippen molar-refractivity contribution in [3.8, 4) is 0 Å². The molecule has 72 valence electrons. The predicted octanol–water partition coefficient (Wildman–Crippen LogP) is 0.137. The van der Waals surface area contributed by atoms with E-state index in [2.05, 4.69) is 26.6 Å². The monoisotopic (exact) mass is 180 g/mol. The van der Waals surface area contributed by atoms with Crippen LogP contribution in [0.25, 0.3) is 0 Å². The smallest absolute Gasteiger partial charge is 0.0655 e. The van der Waals surface area contributed by atoms with Crippen molar-refractivity contribution in [1.82, 2.24) is 20.4 Å². The van der Waals surface area contributed by atoms with Crippen LogP contribution in [-0.2, 0) is 6.54 Å². The zero-order chi connectivity index (χ0) is 9.10. The average molecular weight is 180 g/mol. The highest BCUT2D eigenvalue weighted by atomic mass is 15.3. The molecule has 4 nitrogen and oxygen atoms in total. The van der Waals surface area contributed by atoms with E-state index in [-0.39, 0.29) is 0 Å². The molecule has 2 rings (SSSR count). The summed E-state index contributed by atoms with van der Waals surface area (Å²) in [5.74, 6) is 0. The maximum Gasteiger partial charge on any atom is 0.0655 e. The molecule has 1 atom stereocenters. The Bertz CT molecular complexity index is 262. The van der Waals surface area contributed by atoms with Gasteiger partial charge in [-0.25, -0.2) is 0 Å². The standard InChI is InChI=1S/C9H16N4/c1-10-4-8-5-12-13(7-8)9-2-3-11-6-9/h5,7,9-11H,2-4,6H2,1H3. The Morgan fingerprint density at radius 2 is 2.69 bits per heavy atom. The summed E-state index contributed by atoms with van der Waals surface area (Å²) in [5, 5.41) is 10.8. The Labute approximate surface area is 78.3 Å².